The molecule has 0 aliphatic heterocycles. The molecule has 3 heteroatoms. The summed E-state index contributed by atoms with van der Waals surface area (Å²) in [7, 11) is 3.39. The lowest BCUT2D eigenvalue weighted by atomic mass is 9.65. The van der Waals surface area contributed by atoms with E-state index in [1.165, 1.54) is 44.5 Å². The van der Waals surface area contributed by atoms with Gasteiger partial charge in [-0.1, -0.05) is 175 Å². The molecular weight excluding hydrogens is 731 g/mol. The smallest absolute Gasteiger partial charge is 0.168 e. The Morgan fingerprint density at radius 1 is 0.467 bits per heavy atom. The highest BCUT2D eigenvalue weighted by atomic mass is 16.5. The summed E-state index contributed by atoms with van der Waals surface area (Å²) >= 11 is 0. The second kappa shape index (κ2) is 15.8. The number of allylic oxidation sites excluding steroid dienone is 4. The SMILES string of the molecule is COc1cccc(-c2ccccc2N(c2ccc(-c3ccc4c(c3)C(C3=CC=CCC3)(c3ccccc3)c3ccccc3-4)cc2)c2cccc(-c3ccccc3)c2)c1OC. The minimum absolute atomic E-state index is 0.376. The Labute approximate surface area is 353 Å². The lowest BCUT2D eigenvalue weighted by Crippen LogP contribution is -2.30. The molecule has 0 radical (unpaired) electrons. The Morgan fingerprint density at radius 2 is 1.10 bits per heavy atom. The van der Waals surface area contributed by atoms with Crippen LogP contribution in [0.1, 0.15) is 29.5 Å². The number of anilines is 3. The van der Waals surface area contributed by atoms with E-state index >= 15 is 0 Å². The minimum Gasteiger partial charge on any atom is -0.493 e. The fraction of sp³-hybridized carbons (Fsp3) is 0.0877. The van der Waals surface area contributed by atoms with E-state index in [1.54, 1.807) is 14.2 Å². The predicted molar refractivity (Wildman–Crippen MR) is 249 cm³/mol. The van der Waals surface area contributed by atoms with Crippen LogP contribution < -0.4 is 14.4 Å². The van der Waals surface area contributed by atoms with Crippen LogP contribution in [0.2, 0.25) is 0 Å². The number of para-hydroxylation sites is 2. The van der Waals surface area contributed by atoms with Crippen molar-refractivity contribution in [2.24, 2.45) is 0 Å². The molecule has 0 N–H and O–H groups in total. The average Bonchev–Trinajstić information content (AvgIpc) is 3.63. The number of nitrogens with zero attached hydrogens (tertiary/aromatic N) is 1. The van der Waals surface area contributed by atoms with E-state index in [-0.39, 0.29) is 5.41 Å². The van der Waals surface area contributed by atoms with Crippen molar-refractivity contribution in [3.8, 4) is 56.0 Å². The Kier molecular flexibility index (Phi) is 9.71. The summed E-state index contributed by atoms with van der Waals surface area (Å²) in [5, 5.41) is 0. The maximum atomic E-state index is 5.99. The first-order valence-electron chi connectivity index (χ1n) is 20.7. The first-order valence-corrected chi connectivity index (χ1v) is 20.7. The lowest BCUT2D eigenvalue weighted by molar-refractivity contribution is 0.356. The molecule has 3 nitrogen and oxygen atoms in total. The summed E-state index contributed by atoms with van der Waals surface area (Å²) in [4.78, 5) is 2.35. The number of ether oxygens (including phenoxy) is 2. The molecule has 8 aromatic rings. The normalized spacial score (nSPS) is 15.1. The number of benzene rings is 8. The Hall–Kier alpha value is -7.36. The number of methoxy groups -OCH3 is 2. The van der Waals surface area contributed by atoms with E-state index in [4.69, 9.17) is 9.47 Å². The van der Waals surface area contributed by atoms with Crippen LogP contribution in [0.15, 0.2) is 218 Å². The molecule has 1 unspecified atom stereocenters. The van der Waals surface area contributed by atoms with Crippen LogP contribution in [-0.2, 0) is 5.41 Å². The van der Waals surface area contributed by atoms with E-state index in [9.17, 15) is 0 Å². The van der Waals surface area contributed by atoms with Gasteiger partial charge >= 0.3 is 0 Å². The van der Waals surface area contributed by atoms with Crippen molar-refractivity contribution in [1.82, 2.24) is 0 Å². The highest BCUT2D eigenvalue weighted by molar-refractivity contribution is 5.92. The molecule has 8 aromatic carbocycles. The summed E-state index contributed by atoms with van der Waals surface area (Å²) in [6.45, 7) is 0. The second-order valence-corrected chi connectivity index (χ2v) is 15.4. The summed E-state index contributed by atoms with van der Waals surface area (Å²) in [6.07, 6.45) is 8.95. The summed E-state index contributed by atoms with van der Waals surface area (Å²) < 4.78 is 11.8. The zero-order chi connectivity index (χ0) is 40.5. The molecule has 1 atom stereocenters. The van der Waals surface area contributed by atoms with Gasteiger partial charge in [0.1, 0.15) is 0 Å². The topological polar surface area (TPSA) is 21.7 Å². The van der Waals surface area contributed by atoms with Gasteiger partial charge in [0.05, 0.1) is 25.3 Å². The monoisotopic (exact) mass is 775 g/mol. The van der Waals surface area contributed by atoms with Crippen molar-refractivity contribution >= 4 is 17.1 Å². The number of rotatable bonds is 10. The number of fused-ring (bicyclic) bond motifs is 3. The van der Waals surface area contributed by atoms with Crippen LogP contribution in [0.3, 0.4) is 0 Å². The fourth-order valence-electron chi connectivity index (χ4n) is 9.59. The van der Waals surface area contributed by atoms with E-state index in [2.05, 4.69) is 205 Å². The van der Waals surface area contributed by atoms with Crippen molar-refractivity contribution in [2.45, 2.75) is 18.3 Å². The van der Waals surface area contributed by atoms with Gasteiger partial charge in [-0.3, -0.25) is 0 Å². The van der Waals surface area contributed by atoms with Crippen LogP contribution in [0.25, 0.3) is 44.5 Å². The van der Waals surface area contributed by atoms with Gasteiger partial charge in [-0.05, 0) is 105 Å². The van der Waals surface area contributed by atoms with Crippen molar-refractivity contribution < 1.29 is 9.47 Å². The van der Waals surface area contributed by atoms with Crippen LogP contribution in [0.5, 0.6) is 11.5 Å². The average molecular weight is 776 g/mol. The largest absolute Gasteiger partial charge is 0.493 e. The molecule has 60 heavy (non-hydrogen) atoms. The van der Waals surface area contributed by atoms with Crippen molar-refractivity contribution in [2.75, 3.05) is 19.1 Å². The molecular formula is C57H45NO2. The number of hydrogen-bond acceptors (Lipinski definition) is 3. The van der Waals surface area contributed by atoms with Gasteiger partial charge in [0, 0.05) is 22.5 Å². The van der Waals surface area contributed by atoms with Crippen LogP contribution in [0.4, 0.5) is 17.1 Å². The van der Waals surface area contributed by atoms with Crippen LogP contribution >= 0.6 is 0 Å². The van der Waals surface area contributed by atoms with Crippen molar-refractivity contribution in [3.63, 3.8) is 0 Å². The van der Waals surface area contributed by atoms with Crippen molar-refractivity contribution in [1.29, 1.82) is 0 Å². The summed E-state index contributed by atoms with van der Waals surface area (Å²) in [6, 6.07) is 70.3. The van der Waals surface area contributed by atoms with E-state index in [1.807, 2.05) is 12.1 Å². The van der Waals surface area contributed by atoms with Crippen LogP contribution in [-0.4, -0.2) is 14.2 Å². The van der Waals surface area contributed by atoms with E-state index in [0.717, 1.165) is 52.2 Å². The quantitative estimate of drug-likeness (QED) is 0.138. The summed E-state index contributed by atoms with van der Waals surface area (Å²) in [5.74, 6) is 1.39. The molecule has 0 fully saturated rings. The van der Waals surface area contributed by atoms with Gasteiger partial charge in [0.15, 0.2) is 11.5 Å². The van der Waals surface area contributed by atoms with E-state index in [0.29, 0.717) is 11.5 Å². The molecule has 0 saturated heterocycles. The minimum atomic E-state index is -0.376. The fourth-order valence-corrected chi connectivity index (χ4v) is 9.59. The zero-order valence-electron chi connectivity index (χ0n) is 33.9. The molecule has 0 spiro atoms. The molecule has 290 valence electrons. The first-order chi connectivity index (χ1) is 29.7. The van der Waals surface area contributed by atoms with Crippen molar-refractivity contribution in [3.05, 3.63) is 235 Å². The lowest BCUT2D eigenvalue weighted by Gasteiger charge is -2.37. The van der Waals surface area contributed by atoms with E-state index < -0.39 is 0 Å². The molecule has 0 heterocycles. The van der Waals surface area contributed by atoms with Gasteiger partial charge in [-0.15, -0.1) is 0 Å². The molecule has 10 rings (SSSR count). The van der Waals surface area contributed by atoms with Gasteiger partial charge in [-0.25, -0.2) is 0 Å². The third-order valence-electron chi connectivity index (χ3n) is 12.3. The Morgan fingerprint density at radius 3 is 1.87 bits per heavy atom. The highest BCUT2D eigenvalue weighted by Gasteiger charge is 2.47. The molecule has 2 aliphatic rings. The first kappa shape index (κ1) is 36.9. The maximum absolute atomic E-state index is 5.99. The Bertz CT molecular complexity index is 2890. The van der Waals surface area contributed by atoms with Gasteiger partial charge in [0.2, 0.25) is 0 Å². The highest BCUT2D eigenvalue weighted by Crippen LogP contribution is 2.58. The predicted octanol–water partition coefficient (Wildman–Crippen LogP) is 14.8. The Balaban J connectivity index is 1.12. The molecule has 0 bridgehead atoms. The molecule has 0 amide bonds. The summed E-state index contributed by atoms with van der Waals surface area (Å²) in [5.41, 5.74) is 17.5. The molecule has 0 aromatic heterocycles. The van der Waals surface area contributed by atoms with Gasteiger partial charge in [0.25, 0.3) is 0 Å². The third kappa shape index (κ3) is 6.22. The number of hydrogen-bond donors (Lipinski definition) is 0. The second-order valence-electron chi connectivity index (χ2n) is 15.4. The standard InChI is InChI=1S/C57H45NO2/c1-59-55-31-17-28-51(56(55)60-2)50-27-13-15-30-54(50)58(47-25-16-20-42(38-47)40-18-6-3-7-19-40)46-35-32-41(33-36-46)43-34-37-49-48-26-12-14-29-52(48)57(53(49)39-43,44-21-8-4-9-22-44)45-23-10-5-11-24-45/h3-10,12-23,25-39H,11,24H2,1-2H3. The third-order valence-corrected chi connectivity index (χ3v) is 12.3. The van der Waals surface area contributed by atoms with Crippen LogP contribution in [0, 0.1) is 0 Å². The molecule has 0 saturated carbocycles. The molecule has 2 aliphatic carbocycles. The van der Waals surface area contributed by atoms with Gasteiger partial charge < -0.3 is 14.4 Å². The van der Waals surface area contributed by atoms with Gasteiger partial charge in [-0.2, -0.15) is 0 Å². The maximum Gasteiger partial charge on any atom is 0.168 e. The zero-order valence-corrected chi connectivity index (χ0v) is 33.9.